The van der Waals surface area contributed by atoms with Crippen LogP contribution in [0.4, 0.5) is 8.78 Å². The van der Waals surface area contributed by atoms with Crippen LogP contribution in [0.5, 0.6) is 17.2 Å². The molecule has 0 aliphatic rings. The van der Waals surface area contributed by atoms with Crippen molar-refractivity contribution < 1.29 is 23.0 Å². The highest BCUT2D eigenvalue weighted by Crippen LogP contribution is 2.24. The molecule has 0 atom stereocenters. The lowest BCUT2D eigenvalue weighted by Crippen LogP contribution is -2.36. The van der Waals surface area contributed by atoms with E-state index in [0.29, 0.717) is 36.1 Å². The molecule has 0 aliphatic heterocycles. The molecular weight excluding hydrogens is 495 g/mol. The van der Waals surface area contributed by atoms with Gasteiger partial charge >= 0.3 is 6.61 Å². The number of benzene rings is 2. The molecule has 0 radical (unpaired) electrons. The second kappa shape index (κ2) is 13.0. The van der Waals surface area contributed by atoms with Gasteiger partial charge < -0.3 is 24.8 Å². The normalized spacial score (nSPS) is 10.9. The third-order valence-corrected chi connectivity index (χ3v) is 3.88. The molecule has 2 N–H and O–H groups in total. The second-order valence-corrected chi connectivity index (χ2v) is 5.71. The molecule has 0 spiro atoms. The maximum Gasteiger partial charge on any atom is 0.387 e. The average Bonchev–Trinajstić information content (AvgIpc) is 2.70. The van der Waals surface area contributed by atoms with E-state index in [9.17, 15) is 8.78 Å². The number of ether oxygens (including phenoxy) is 3. The van der Waals surface area contributed by atoms with Gasteiger partial charge in [-0.25, -0.2) is 4.99 Å². The first kappa shape index (κ1) is 24.7. The van der Waals surface area contributed by atoms with Crippen LogP contribution >= 0.6 is 24.0 Å². The largest absolute Gasteiger partial charge is 0.497 e. The van der Waals surface area contributed by atoms with Crippen molar-refractivity contribution in [1.82, 2.24) is 10.6 Å². The monoisotopic (exact) mass is 521 g/mol. The van der Waals surface area contributed by atoms with Gasteiger partial charge in [-0.05, 0) is 25.1 Å². The van der Waals surface area contributed by atoms with Crippen LogP contribution in [0.25, 0.3) is 0 Å². The molecule has 0 saturated heterocycles. The topological polar surface area (TPSA) is 64.1 Å². The van der Waals surface area contributed by atoms with E-state index in [4.69, 9.17) is 9.47 Å². The molecule has 2 aromatic rings. The summed E-state index contributed by atoms with van der Waals surface area (Å²) in [7, 11) is 3.19. The molecule has 0 aliphatic carbocycles. The summed E-state index contributed by atoms with van der Waals surface area (Å²) in [6.07, 6.45) is 0. The summed E-state index contributed by atoms with van der Waals surface area (Å²) >= 11 is 0. The van der Waals surface area contributed by atoms with E-state index >= 15 is 0 Å². The molecule has 160 valence electrons. The Balaban J connectivity index is 0.00000420. The van der Waals surface area contributed by atoms with E-state index in [1.165, 1.54) is 6.07 Å². The smallest absolute Gasteiger partial charge is 0.387 e. The second-order valence-electron chi connectivity index (χ2n) is 5.71. The molecule has 29 heavy (non-hydrogen) atoms. The highest BCUT2D eigenvalue weighted by atomic mass is 127. The summed E-state index contributed by atoms with van der Waals surface area (Å²) in [5.41, 5.74) is 1.50. The Kier molecular flexibility index (Phi) is 11.1. The van der Waals surface area contributed by atoms with Crippen molar-refractivity contribution in [2.24, 2.45) is 4.99 Å². The summed E-state index contributed by atoms with van der Waals surface area (Å²) in [5, 5.41) is 6.34. The van der Waals surface area contributed by atoms with Crippen molar-refractivity contribution in [3.63, 3.8) is 0 Å². The molecule has 0 amide bonds. The fraction of sp³-hybridized carbons (Fsp3) is 0.350. The van der Waals surface area contributed by atoms with Crippen molar-refractivity contribution in [2.45, 2.75) is 26.6 Å². The Labute approximate surface area is 186 Å². The lowest BCUT2D eigenvalue weighted by molar-refractivity contribution is -0.0504. The predicted octanol–water partition coefficient (Wildman–Crippen LogP) is 4.18. The molecule has 9 heteroatoms. The van der Waals surface area contributed by atoms with Crippen LogP contribution in [0.2, 0.25) is 0 Å². The maximum atomic E-state index is 12.6. The Morgan fingerprint density at radius 1 is 1.00 bits per heavy atom. The molecule has 0 saturated carbocycles. The van der Waals surface area contributed by atoms with Crippen molar-refractivity contribution in [1.29, 1.82) is 0 Å². The molecule has 2 rings (SSSR count). The van der Waals surface area contributed by atoms with E-state index in [-0.39, 0.29) is 36.3 Å². The molecular formula is C20H26F2IN3O3. The number of rotatable bonds is 9. The maximum absolute atomic E-state index is 12.6. The number of guanidine groups is 1. The number of methoxy groups -OCH3 is 2. The quantitative estimate of drug-likeness (QED) is 0.295. The minimum atomic E-state index is -2.88. The fourth-order valence-corrected chi connectivity index (χ4v) is 2.53. The summed E-state index contributed by atoms with van der Waals surface area (Å²) in [6.45, 7) is 0.380. The Morgan fingerprint density at radius 2 is 1.76 bits per heavy atom. The van der Waals surface area contributed by atoms with Crippen LogP contribution in [-0.2, 0) is 13.1 Å². The minimum Gasteiger partial charge on any atom is -0.497 e. The van der Waals surface area contributed by atoms with Crippen LogP contribution in [0, 0.1) is 0 Å². The van der Waals surface area contributed by atoms with Crippen molar-refractivity contribution in [2.75, 3.05) is 20.8 Å². The first-order valence-corrected chi connectivity index (χ1v) is 8.83. The van der Waals surface area contributed by atoms with Crippen molar-refractivity contribution in [3.05, 3.63) is 53.6 Å². The lowest BCUT2D eigenvalue weighted by Gasteiger charge is -2.15. The Bertz CT molecular complexity index is 791. The van der Waals surface area contributed by atoms with Crippen LogP contribution < -0.4 is 24.8 Å². The van der Waals surface area contributed by atoms with Gasteiger partial charge in [-0.1, -0.05) is 18.2 Å². The standard InChI is InChI=1S/C20H25F2N3O3.HI/c1-4-23-20(24-12-14-7-5-6-8-17(14)28-19(21)22)25-13-15-9-10-16(26-2)11-18(15)27-3;/h5-11,19H,4,12-13H2,1-3H3,(H2,23,24,25);1H. The van der Waals surface area contributed by atoms with Crippen molar-refractivity contribution >= 4 is 29.9 Å². The molecule has 6 nitrogen and oxygen atoms in total. The van der Waals surface area contributed by atoms with E-state index in [2.05, 4.69) is 20.4 Å². The van der Waals surface area contributed by atoms with Gasteiger partial charge in [0, 0.05) is 30.3 Å². The summed E-state index contributed by atoms with van der Waals surface area (Å²) < 4.78 is 40.2. The first-order valence-electron chi connectivity index (χ1n) is 8.83. The van der Waals surface area contributed by atoms with Gasteiger partial charge in [-0.3, -0.25) is 0 Å². The van der Waals surface area contributed by atoms with Gasteiger partial charge in [0.25, 0.3) is 0 Å². The number of nitrogens with one attached hydrogen (secondary N) is 2. The molecule has 0 bridgehead atoms. The van der Waals surface area contributed by atoms with Crippen LogP contribution in [0.3, 0.4) is 0 Å². The lowest BCUT2D eigenvalue weighted by atomic mass is 10.2. The first-order chi connectivity index (χ1) is 13.6. The van der Waals surface area contributed by atoms with Gasteiger partial charge in [0.15, 0.2) is 5.96 Å². The summed E-state index contributed by atoms with van der Waals surface area (Å²) in [5.74, 6) is 2.07. The van der Waals surface area contributed by atoms with E-state index in [1.807, 2.05) is 19.1 Å². The number of halogens is 3. The van der Waals surface area contributed by atoms with E-state index < -0.39 is 6.61 Å². The van der Waals surface area contributed by atoms with Gasteiger partial charge in [-0.2, -0.15) is 8.78 Å². The van der Waals surface area contributed by atoms with Crippen LogP contribution in [0.1, 0.15) is 18.1 Å². The SMILES string of the molecule is CCNC(=NCc1ccccc1OC(F)F)NCc1ccc(OC)cc1OC.I. The molecule has 0 aromatic heterocycles. The highest BCUT2D eigenvalue weighted by Gasteiger charge is 2.10. The number of hydrogen-bond donors (Lipinski definition) is 2. The molecule has 0 heterocycles. The number of nitrogens with zero attached hydrogens (tertiary/aromatic N) is 1. The fourth-order valence-electron chi connectivity index (χ4n) is 2.53. The Morgan fingerprint density at radius 3 is 2.41 bits per heavy atom. The minimum absolute atomic E-state index is 0. The number of para-hydroxylation sites is 1. The van der Waals surface area contributed by atoms with Gasteiger partial charge in [0.2, 0.25) is 0 Å². The predicted molar refractivity (Wildman–Crippen MR) is 120 cm³/mol. The van der Waals surface area contributed by atoms with E-state index in [1.54, 1.807) is 38.5 Å². The molecule has 0 fully saturated rings. The van der Waals surface area contributed by atoms with Gasteiger partial charge in [0.05, 0.1) is 20.8 Å². The highest BCUT2D eigenvalue weighted by molar-refractivity contribution is 14.0. The molecule has 2 aromatic carbocycles. The summed E-state index contributed by atoms with van der Waals surface area (Å²) in [4.78, 5) is 4.46. The molecule has 0 unspecified atom stereocenters. The summed E-state index contributed by atoms with van der Waals surface area (Å²) in [6, 6.07) is 12.2. The number of aliphatic imine (C=N–C) groups is 1. The average molecular weight is 521 g/mol. The van der Waals surface area contributed by atoms with Gasteiger partial charge in [-0.15, -0.1) is 24.0 Å². The third-order valence-electron chi connectivity index (χ3n) is 3.88. The van der Waals surface area contributed by atoms with E-state index in [0.717, 1.165) is 5.56 Å². The third kappa shape index (κ3) is 7.92. The zero-order valence-electron chi connectivity index (χ0n) is 16.6. The van der Waals surface area contributed by atoms with Crippen LogP contribution in [-0.4, -0.2) is 33.3 Å². The van der Waals surface area contributed by atoms with Crippen LogP contribution in [0.15, 0.2) is 47.5 Å². The number of hydrogen-bond acceptors (Lipinski definition) is 4. The zero-order valence-corrected chi connectivity index (χ0v) is 18.9. The Hall–Kier alpha value is -2.30. The van der Waals surface area contributed by atoms with Crippen molar-refractivity contribution in [3.8, 4) is 17.2 Å². The number of alkyl halides is 2. The zero-order chi connectivity index (χ0) is 20.4. The van der Waals surface area contributed by atoms with Gasteiger partial charge in [0.1, 0.15) is 17.2 Å².